The van der Waals surface area contributed by atoms with E-state index in [1.807, 2.05) is 37.0 Å². The Morgan fingerprint density at radius 3 is 2.78 bits per heavy atom. The number of aryl methyl sites for hydroxylation is 2. The van der Waals surface area contributed by atoms with Crippen LogP contribution in [0.2, 0.25) is 0 Å². The number of ether oxygens (including phenoxy) is 1. The summed E-state index contributed by atoms with van der Waals surface area (Å²) in [6.45, 7) is 2.40. The smallest absolute Gasteiger partial charge is 0.306 e. The van der Waals surface area contributed by atoms with Crippen molar-refractivity contribution in [1.82, 2.24) is 35.0 Å². The maximum atomic E-state index is 11.3. The van der Waals surface area contributed by atoms with Crippen molar-refractivity contribution in [2.45, 2.75) is 64.0 Å². The molecule has 0 aliphatic heterocycles. The van der Waals surface area contributed by atoms with E-state index in [1.54, 1.807) is 4.68 Å². The minimum atomic E-state index is -0.740. The largest absolute Gasteiger partial charge is 0.489 e. The van der Waals surface area contributed by atoms with Gasteiger partial charge in [-0.05, 0) is 57.6 Å². The zero-order valence-electron chi connectivity index (χ0n) is 18.3. The third kappa shape index (κ3) is 4.21. The number of rotatable bonds is 7. The molecule has 0 bridgehead atoms. The number of hydrogen-bond donors (Lipinski definition) is 1. The second kappa shape index (κ2) is 8.33. The maximum absolute atomic E-state index is 11.3. The minimum Gasteiger partial charge on any atom is -0.489 e. The van der Waals surface area contributed by atoms with E-state index in [1.165, 1.54) is 12.8 Å². The normalized spacial score (nSPS) is 20.9. The molecule has 168 valence electrons. The van der Waals surface area contributed by atoms with E-state index in [-0.39, 0.29) is 12.0 Å². The van der Waals surface area contributed by atoms with Crippen molar-refractivity contribution >= 4 is 5.97 Å². The molecule has 0 aromatic carbocycles. The molecule has 10 nitrogen and oxygen atoms in total. The Morgan fingerprint density at radius 2 is 2.03 bits per heavy atom. The summed E-state index contributed by atoms with van der Waals surface area (Å²) in [5.74, 6) is 0.163. The van der Waals surface area contributed by atoms with Gasteiger partial charge in [-0.3, -0.25) is 4.79 Å². The summed E-state index contributed by atoms with van der Waals surface area (Å²) in [6.07, 6.45) is 7.24. The van der Waals surface area contributed by atoms with Crippen molar-refractivity contribution < 1.29 is 14.6 Å². The fourth-order valence-corrected chi connectivity index (χ4v) is 4.32. The molecule has 2 fully saturated rings. The van der Waals surface area contributed by atoms with Crippen molar-refractivity contribution in [3.8, 4) is 17.1 Å². The molecule has 1 N–H and O–H groups in total. The molecule has 32 heavy (non-hydrogen) atoms. The standard InChI is InChI=1S/C22H27N7O3/c1-13-20(32-16-5-3-4-15(10-16)22(30)31)9-8-17(23-13)21-19(28(2)26-25-21)12-29-11-18(24-27-29)14-6-7-14/h8-9,11,14-16H,3-7,10,12H2,1-2H3,(H,30,31)/t15-,16-/m0/s1. The van der Waals surface area contributed by atoms with Crippen molar-refractivity contribution in [3.05, 3.63) is 35.4 Å². The van der Waals surface area contributed by atoms with E-state index in [4.69, 9.17) is 9.72 Å². The molecule has 0 amide bonds. The topological polar surface area (TPSA) is 121 Å². The van der Waals surface area contributed by atoms with Gasteiger partial charge in [-0.15, -0.1) is 10.2 Å². The zero-order chi connectivity index (χ0) is 22.2. The van der Waals surface area contributed by atoms with E-state index in [2.05, 4.69) is 20.6 Å². The fourth-order valence-electron chi connectivity index (χ4n) is 4.32. The van der Waals surface area contributed by atoms with E-state index in [0.29, 0.717) is 36.0 Å². The number of aromatic nitrogens is 7. The average molecular weight is 438 g/mol. The van der Waals surface area contributed by atoms with Crippen LogP contribution in [0.25, 0.3) is 11.4 Å². The Bertz CT molecular complexity index is 1130. The van der Waals surface area contributed by atoms with Crippen LogP contribution >= 0.6 is 0 Å². The van der Waals surface area contributed by atoms with Gasteiger partial charge in [-0.25, -0.2) is 14.3 Å². The number of carboxylic acid groups (broad SMARTS) is 1. The summed E-state index contributed by atoms with van der Waals surface area (Å²) in [6, 6.07) is 3.77. The molecule has 2 aliphatic carbocycles. The molecule has 0 radical (unpaired) electrons. The van der Waals surface area contributed by atoms with Gasteiger partial charge in [0.25, 0.3) is 0 Å². The Kier molecular flexibility index (Phi) is 5.36. The lowest BCUT2D eigenvalue weighted by Crippen LogP contribution is -2.29. The SMILES string of the molecule is Cc1nc(-c2nnn(C)c2Cn2cc(C3CC3)nn2)ccc1O[C@H]1CCC[C@H](C(=O)O)C1. The van der Waals surface area contributed by atoms with E-state index < -0.39 is 5.97 Å². The second-order valence-electron chi connectivity index (χ2n) is 8.85. The number of nitrogens with zero attached hydrogens (tertiary/aromatic N) is 7. The zero-order valence-corrected chi connectivity index (χ0v) is 18.3. The highest BCUT2D eigenvalue weighted by atomic mass is 16.5. The van der Waals surface area contributed by atoms with Gasteiger partial charge in [-0.2, -0.15) is 0 Å². The predicted molar refractivity (Wildman–Crippen MR) is 114 cm³/mol. The number of hydrogen-bond acceptors (Lipinski definition) is 7. The molecule has 2 saturated carbocycles. The summed E-state index contributed by atoms with van der Waals surface area (Å²) in [5.41, 5.74) is 4.11. The summed E-state index contributed by atoms with van der Waals surface area (Å²) < 4.78 is 9.69. The van der Waals surface area contributed by atoms with Crippen molar-refractivity contribution in [1.29, 1.82) is 0 Å². The monoisotopic (exact) mass is 437 g/mol. The predicted octanol–water partition coefficient (Wildman–Crippen LogP) is 2.72. The van der Waals surface area contributed by atoms with Gasteiger partial charge in [0.15, 0.2) is 0 Å². The molecule has 3 aromatic heterocycles. The lowest BCUT2D eigenvalue weighted by Gasteiger charge is -2.27. The second-order valence-corrected chi connectivity index (χ2v) is 8.85. The van der Waals surface area contributed by atoms with Gasteiger partial charge < -0.3 is 9.84 Å². The molecule has 5 rings (SSSR count). The van der Waals surface area contributed by atoms with E-state index in [0.717, 1.165) is 36.3 Å². The van der Waals surface area contributed by atoms with Gasteiger partial charge in [0.2, 0.25) is 0 Å². The number of carboxylic acids is 1. The van der Waals surface area contributed by atoms with E-state index >= 15 is 0 Å². The fraction of sp³-hybridized carbons (Fsp3) is 0.545. The van der Waals surface area contributed by atoms with Gasteiger partial charge in [0.05, 0.1) is 41.3 Å². The van der Waals surface area contributed by atoms with Crippen LogP contribution in [-0.4, -0.2) is 52.2 Å². The molecular weight excluding hydrogens is 410 g/mol. The molecule has 0 unspecified atom stereocenters. The Labute approximate surface area is 185 Å². The Balaban J connectivity index is 1.33. The van der Waals surface area contributed by atoms with Crippen molar-refractivity contribution in [2.24, 2.45) is 13.0 Å². The van der Waals surface area contributed by atoms with Crippen molar-refractivity contribution in [2.75, 3.05) is 0 Å². The summed E-state index contributed by atoms with van der Waals surface area (Å²) in [5, 5.41) is 26.4. The molecule has 3 heterocycles. The first-order chi connectivity index (χ1) is 15.5. The maximum Gasteiger partial charge on any atom is 0.306 e. The van der Waals surface area contributed by atoms with Crippen LogP contribution < -0.4 is 4.74 Å². The van der Waals surface area contributed by atoms with Crippen LogP contribution in [0.1, 0.15) is 61.5 Å². The van der Waals surface area contributed by atoms with Crippen LogP contribution in [0.4, 0.5) is 0 Å². The minimum absolute atomic E-state index is 0.101. The van der Waals surface area contributed by atoms with Gasteiger partial charge >= 0.3 is 5.97 Å². The first-order valence-electron chi connectivity index (χ1n) is 11.1. The summed E-state index contributed by atoms with van der Waals surface area (Å²) in [4.78, 5) is 16.1. The molecular formula is C22H27N7O3. The lowest BCUT2D eigenvalue weighted by atomic mass is 9.87. The molecule has 2 aliphatic rings. The molecule has 0 spiro atoms. The van der Waals surface area contributed by atoms with Gasteiger partial charge in [-0.1, -0.05) is 10.4 Å². The number of aliphatic carboxylic acids is 1. The van der Waals surface area contributed by atoms with Crippen molar-refractivity contribution in [3.63, 3.8) is 0 Å². The number of carbonyl (C=O) groups is 1. The first kappa shape index (κ1) is 20.6. The Morgan fingerprint density at radius 1 is 1.19 bits per heavy atom. The van der Waals surface area contributed by atoms with Gasteiger partial charge in [0.1, 0.15) is 11.4 Å². The van der Waals surface area contributed by atoms with Crippen LogP contribution in [-0.2, 0) is 18.4 Å². The van der Waals surface area contributed by atoms with Crippen LogP contribution in [0.5, 0.6) is 5.75 Å². The highest BCUT2D eigenvalue weighted by molar-refractivity contribution is 5.70. The van der Waals surface area contributed by atoms with E-state index in [9.17, 15) is 9.90 Å². The molecule has 0 saturated heterocycles. The summed E-state index contributed by atoms with van der Waals surface area (Å²) >= 11 is 0. The third-order valence-corrected chi connectivity index (χ3v) is 6.36. The first-order valence-corrected chi connectivity index (χ1v) is 11.1. The van der Waals surface area contributed by atoms with Crippen LogP contribution in [0, 0.1) is 12.8 Å². The van der Waals surface area contributed by atoms with Crippen LogP contribution in [0.15, 0.2) is 18.3 Å². The summed E-state index contributed by atoms with van der Waals surface area (Å²) in [7, 11) is 1.86. The highest BCUT2D eigenvalue weighted by Crippen LogP contribution is 2.38. The molecule has 2 atom stereocenters. The number of pyridine rings is 1. The quantitative estimate of drug-likeness (QED) is 0.599. The average Bonchev–Trinajstić information content (AvgIpc) is 3.42. The molecule has 3 aromatic rings. The van der Waals surface area contributed by atoms with Gasteiger partial charge in [0, 0.05) is 19.2 Å². The third-order valence-electron chi connectivity index (χ3n) is 6.36. The lowest BCUT2D eigenvalue weighted by molar-refractivity contribution is -0.143. The Hall–Kier alpha value is -3.30. The molecule has 10 heteroatoms. The van der Waals surface area contributed by atoms with Crippen LogP contribution in [0.3, 0.4) is 0 Å². The highest BCUT2D eigenvalue weighted by Gasteiger charge is 2.29.